The summed E-state index contributed by atoms with van der Waals surface area (Å²) in [6, 6.07) is 3.36. The lowest BCUT2D eigenvalue weighted by molar-refractivity contribution is 0.194. The van der Waals surface area contributed by atoms with Crippen LogP contribution in [0.15, 0.2) is 0 Å². The van der Waals surface area contributed by atoms with Gasteiger partial charge in [-0.25, -0.2) is 0 Å². The molecular weight excluding hydrogens is 1810 g/mol. The van der Waals surface area contributed by atoms with E-state index in [0.717, 1.165) is 253 Å². The van der Waals surface area contributed by atoms with Gasteiger partial charge in [0.05, 0.1) is 287 Å². The van der Waals surface area contributed by atoms with Gasteiger partial charge in [0.25, 0.3) is 0 Å². The summed E-state index contributed by atoms with van der Waals surface area (Å²) in [5.74, 6) is 0. The van der Waals surface area contributed by atoms with Gasteiger partial charge in [0, 0.05) is 57.8 Å². The number of hydrogen-bond donors (Lipinski definition) is 0. The van der Waals surface area contributed by atoms with Crippen molar-refractivity contribution < 1.29 is 142 Å². The van der Waals surface area contributed by atoms with Gasteiger partial charge in [0.15, 0.2) is 0 Å². The van der Waals surface area contributed by atoms with Crippen LogP contribution >= 0.6 is 0 Å². The van der Waals surface area contributed by atoms with Crippen LogP contribution in [0.4, 0.5) is 0 Å². The van der Waals surface area contributed by atoms with Crippen molar-refractivity contribution in [1.82, 2.24) is 74.8 Å². The fourth-order valence-electron chi connectivity index (χ4n) is 13.9. The lowest BCUT2D eigenvalue weighted by atomic mass is 10.1. The SMILES string of the molecule is C(CC1CO1)Oc1nc(OCCC2CO2)nc(OCCC2CO2)n1.C(CCC1CO1)COc1nc(OCCCCC2CO2)nc(OCCCCC2CO2)n1.C(COc1nc(OCCCC2CO2)nc(OCCCC2CO2)n1)CC1CO1.CC1(CCOc2nc(OCCC3(C)CO3)nc(OCCC3(C)CO3)n2)CO1.CCC1OC1CCOc1nc(OCCC2OC2CC)nc(OCCC2OC2CC)n1. The van der Waals surface area contributed by atoms with Gasteiger partial charge < -0.3 is 142 Å². The highest BCUT2D eigenvalue weighted by molar-refractivity contribution is 5.14. The van der Waals surface area contributed by atoms with E-state index in [9.17, 15) is 0 Å². The largest absolute Gasteiger partial charge is 0.463 e. The van der Waals surface area contributed by atoms with Crippen molar-refractivity contribution in [1.29, 1.82) is 0 Å². The average Bonchev–Trinajstić information content (AvgIpc) is 1.68. The number of nitrogens with zero attached hydrogens (tertiary/aromatic N) is 15. The van der Waals surface area contributed by atoms with E-state index >= 15 is 0 Å². The second-order valence-corrected chi connectivity index (χ2v) is 37.2. The van der Waals surface area contributed by atoms with E-state index in [1.807, 2.05) is 20.8 Å². The van der Waals surface area contributed by atoms with Crippen molar-refractivity contribution in [2.45, 2.75) is 323 Å². The van der Waals surface area contributed by atoms with Gasteiger partial charge in [-0.1, -0.05) is 20.8 Å². The predicted molar refractivity (Wildman–Crippen MR) is 480 cm³/mol. The van der Waals surface area contributed by atoms with E-state index in [-0.39, 0.29) is 125 Å². The summed E-state index contributed by atoms with van der Waals surface area (Å²) in [6.45, 7) is 30.0. The summed E-state index contributed by atoms with van der Waals surface area (Å²) in [5, 5.41) is 0. The maximum Gasteiger partial charge on any atom is 0.325 e. The third kappa shape index (κ3) is 42.3. The standard InChI is InChI=1S/2C21H33N3O6.2C18H27N3O6.C15H21N3O6/c1-4-13-16(28-13)7-10-25-19-22-20(26-11-8-17-14(5-2)29-17)24-21(23-19)27-12-9-18-15(6-3)30-18;1(7-16-13-28-16)4-10-25-19-22-20(26-11-5-2-8-17-14-29-17)24-21(23-19)27-12-6-3-9-18-15-30-18;1-16(10-25-16)4-7-22-13-19-14(23-8-5-17(2)11-26-17)21-15(20-13)24-9-6-18(3)12-27-18;1(4-13-10-25-13)7-22-16-19-17(23-8-2-5-14-11-26-14)21-18(20-16)24-9-3-6-15-12-27-15;1(10-7-22-10)4-19-13-16-14(20-5-2-11-8-23-11)18-15(17-13)21-6-3-12-9-24-12/h13-18H,4-12H2,1-3H3;16-18H,1-15H2;4-12H2,1-3H3;13-15H,1-12H2;10-12H,1-9H2. The van der Waals surface area contributed by atoms with E-state index in [1.165, 1.54) is 0 Å². The van der Waals surface area contributed by atoms with Crippen LogP contribution in [0.2, 0.25) is 0 Å². The van der Waals surface area contributed by atoms with E-state index in [4.69, 9.17) is 142 Å². The molecule has 0 N–H and O–H groups in total. The Morgan fingerprint density at radius 1 is 0.196 bits per heavy atom. The van der Waals surface area contributed by atoms with E-state index < -0.39 is 0 Å². The summed E-state index contributed by atoms with van der Waals surface area (Å²) in [7, 11) is 0. The lowest BCUT2D eigenvalue weighted by Gasteiger charge is -2.11. The van der Waals surface area contributed by atoms with E-state index in [0.29, 0.717) is 172 Å². The first-order valence-electron chi connectivity index (χ1n) is 50.3. The highest BCUT2D eigenvalue weighted by Crippen LogP contribution is 2.36. The predicted octanol–water partition coefficient (Wildman–Crippen LogP) is 8.89. The Kier molecular flexibility index (Phi) is 39.3. The minimum atomic E-state index is -0.0783. The van der Waals surface area contributed by atoms with E-state index in [2.05, 4.69) is 95.5 Å². The fourth-order valence-corrected chi connectivity index (χ4v) is 13.9. The molecule has 18 atom stereocenters. The zero-order valence-electron chi connectivity index (χ0n) is 80.8. The molecule has 0 radical (unpaired) electrons. The highest BCUT2D eigenvalue weighted by atomic mass is 16.6. The van der Waals surface area contributed by atoms with Crippen LogP contribution in [-0.2, 0) is 71.1 Å². The Labute approximate surface area is 805 Å². The van der Waals surface area contributed by atoms with Gasteiger partial charge in [-0.3, -0.25) is 0 Å². The Morgan fingerprint density at radius 3 is 0.514 bits per heavy atom. The summed E-state index contributed by atoms with van der Waals surface area (Å²) in [6.07, 6.45) is 30.6. The van der Waals surface area contributed by atoms with Gasteiger partial charge in [0.1, 0.15) is 0 Å². The van der Waals surface area contributed by atoms with Gasteiger partial charge in [-0.2, -0.15) is 0 Å². The molecule has 5 aromatic rings. The third-order valence-electron chi connectivity index (χ3n) is 24.3. The summed E-state index contributed by atoms with van der Waals surface area (Å²) in [5.41, 5.74) is -0.235. The Morgan fingerprint density at radius 2 is 0.348 bits per heavy atom. The summed E-state index contributed by atoms with van der Waals surface area (Å²) >= 11 is 0. The average molecular weight is 1950 g/mol. The molecule has 18 unspecified atom stereocenters. The number of hydrogen-bond acceptors (Lipinski definition) is 45. The molecule has 15 aliphatic rings. The molecule has 15 aliphatic heterocycles. The number of rotatable bonds is 72. The van der Waals surface area contributed by atoms with Crippen LogP contribution in [-0.4, -0.2) is 362 Å². The van der Waals surface area contributed by atoms with Gasteiger partial charge in [0.2, 0.25) is 0 Å². The Bertz CT molecular complexity index is 3910. The van der Waals surface area contributed by atoms with Gasteiger partial charge >= 0.3 is 90.2 Å². The van der Waals surface area contributed by atoms with Crippen LogP contribution in [0.1, 0.15) is 215 Å². The first-order chi connectivity index (χ1) is 67.6. The Balaban J connectivity index is 0.000000125. The molecule has 15 saturated heterocycles. The summed E-state index contributed by atoms with van der Waals surface area (Å²) < 4.78 is 164. The molecule has 5 aromatic heterocycles. The van der Waals surface area contributed by atoms with Crippen molar-refractivity contribution in [2.24, 2.45) is 0 Å². The maximum absolute atomic E-state index is 5.73. The van der Waals surface area contributed by atoms with Crippen molar-refractivity contribution in [2.75, 3.05) is 178 Å². The number of unbranched alkanes of at least 4 members (excludes halogenated alkanes) is 3. The van der Waals surface area contributed by atoms with Crippen LogP contribution in [0.3, 0.4) is 0 Å². The topological polar surface area (TPSA) is 520 Å². The van der Waals surface area contributed by atoms with Crippen molar-refractivity contribution in [3.8, 4) is 90.2 Å². The molecule has 20 heterocycles. The first kappa shape index (κ1) is 102. The van der Waals surface area contributed by atoms with Gasteiger partial charge in [-0.05, 0) is 136 Å². The molecule has 0 bridgehead atoms. The second kappa shape index (κ2) is 53.0. The molecule has 15 fully saturated rings. The minimum Gasteiger partial charge on any atom is -0.463 e. The van der Waals surface area contributed by atoms with Crippen LogP contribution in [0.25, 0.3) is 0 Å². The monoisotopic (exact) mass is 1950 g/mol. The number of epoxide rings is 15. The smallest absolute Gasteiger partial charge is 0.325 e. The zero-order valence-corrected chi connectivity index (χ0v) is 80.8. The fraction of sp³-hybridized carbons (Fsp3) is 0.839. The van der Waals surface area contributed by atoms with Gasteiger partial charge in [-0.15, -0.1) is 74.8 Å². The Hall–Kier alpha value is -8.55. The molecule has 45 nitrogen and oxygen atoms in total. The first-order valence-corrected chi connectivity index (χ1v) is 50.3. The summed E-state index contributed by atoms with van der Waals surface area (Å²) in [4.78, 5) is 63.6. The normalized spacial score (nSPS) is 28.1. The molecule has 0 aliphatic carbocycles. The number of aromatic nitrogens is 15. The van der Waals surface area contributed by atoms with Crippen molar-refractivity contribution >= 4 is 0 Å². The van der Waals surface area contributed by atoms with Crippen molar-refractivity contribution in [3.63, 3.8) is 0 Å². The third-order valence-corrected chi connectivity index (χ3v) is 24.3. The minimum absolute atomic E-state index is 0.0783. The molecule has 768 valence electrons. The molecular formula is C93H141N15O30. The van der Waals surface area contributed by atoms with E-state index in [1.54, 1.807) is 0 Å². The molecule has 0 saturated carbocycles. The zero-order chi connectivity index (χ0) is 94.8. The molecule has 0 spiro atoms. The quantitative estimate of drug-likeness (QED) is 0.0259. The van der Waals surface area contributed by atoms with Crippen molar-refractivity contribution in [3.05, 3.63) is 0 Å². The second-order valence-electron chi connectivity index (χ2n) is 37.2. The number of ether oxygens (including phenoxy) is 30. The maximum atomic E-state index is 5.73. The molecule has 0 aromatic carbocycles. The highest BCUT2D eigenvalue weighted by Gasteiger charge is 2.43. The van der Waals surface area contributed by atoms with Crippen LogP contribution in [0, 0.1) is 0 Å². The molecule has 45 heteroatoms. The molecule has 138 heavy (non-hydrogen) atoms. The van der Waals surface area contributed by atoms with Crippen LogP contribution in [0.5, 0.6) is 90.2 Å². The van der Waals surface area contributed by atoms with Crippen LogP contribution < -0.4 is 71.1 Å². The lowest BCUT2D eigenvalue weighted by Crippen LogP contribution is -2.16. The molecule has 20 rings (SSSR count). The molecule has 0 amide bonds.